The highest BCUT2D eigenvalue weighted by Crippen LogP contribution is 2.17. The van der Waals surface area contributed by atoms with Gasteiger partial charge < -0.3 is 4.90 Å². The number of thiophene rings is 1. The zero-order chi connectivity index (χ0) is 13.2. The normalized spacial score (nSPS) is 14.2. The van der Waals surface area contributed by atoms with Crippen molar-refractivity contribution in [2.24, 2.45) is 0 Å². The molecule has 2 aromatic heterocycles. The lowest BCUT2D eigenvalue weighted by molar-refractivity contribution is -0.131. The van der Waals surface area contributed by atoms with Crippen molar-refractivity contribution in [2.75, 3.05) is 6.54 Å². The number of aromatic nitrogens is 2. The molecular formula is C13H13N3O2S. The van der Waals surface area contributed by atoms with Crippen LogP contribution in [0.4, 0.5) is 0 Å². The van der Waals surface area contributed by atoms with E-state index in [1.54, 1.807) is 16.2 Å². The smallest absolute Gasteiger partial charge is 0.264 e. The average Bonchev–Trinajstić information content (AvgIpc) is 2.90. The molecule has 98 valence electrons. The van der Waals surface area contributed by atoms with E-state index in [9.17, 15) is 9.59 Å². The molecule has 0 radical (unpaired) electrons. The number of nitrogens with zero attached hydrogens (tertiary/aromatic N) is 2. The summed E-state index contributed by atoms with van der Waals surface area (Å²) in [7, 11) is 0. The van der Waals surface area contributed by atoms with Crippen molar-refractivity contribution in [3.63, 3.8) is 0 Å². The van der Waals surface area contributed by atoms with Gasteiger partial charge in [-0.3, -0.25) is 9.59 Å². The highest BCUT2D eigenvalue weighted by atomic mass is 32.1. The molecule has 0 saturated carbocycles. The maximum atomic E-state index is 12.2. The Hall–Kier alpha value is -1.95. The molecule has 5 nitrogen and oxygen atoms in total. The van der Waals surface area contributed by atoms with E-state index >= 15 is 0 Å². The maximum Gasteiger partial charge on any atom is 0.264 e. The van der Waals surface area contributed by atoms with Crippen LogP contribution in [0, 0.1) is 0 Å². The lowest BCUT2D eigenvalue weighted by Crippen LogP contribution is -2.38. The van der Waals surface area contributed by atoms with Crippen molar-refractivity contribution in [3.05, 3.63) is 50.1 Å². The van der Waals surface area contributed by atoms with Gasteiger partial charge in [0.2, 0.25) is 5.91 Å². The van der Waals surface area contributed by atoms with E-state index in [2.05, 4.69) is 10.2 Å². The van der Waals surface area contributed by atoms with Gasteiger partial charge in [-0.1, -0.05) is 6.07 Å². The van der Waals surface area contributed by atoms with Crippen LogP contribution in [0.3, 0.4) is 0 Å². The monoisotopic (exact) mass is 275 g/mol. The van der Waals surface area contributed by atoms with Crippen molar-refractivity contribution in [2.45, 2.75) is 19.4 Å². The number of hydrogen-bond acceptors (Lipinski definition) is 4. The predicted octanol–water partition coefficient (Wildman–Crippen LogP) is 0.959. The molecule has 0 atom stereocenters. The van der Waals surface area contributed by atoms with Crippen molar-refractivity contribution in [1.29, 1.82) is 0 Å². The van der Waals surface area contributed by atoms with Gasteiger partial charge in [-0.25, -0.2) is 5.10 Å². The first-order valence-electron chi connectivity index (χ1n) is 6.10. The fraction of sp³-hybridized carbons (Fsp3) is 0.308. The minimum atomic E-state index is -0.216. The Morgan fingerprint density at radius 3 is 3.21 bits per heavy atom. The fourth-order valence-electron chi connectivity index (χ4n) is 2.23. The largest absolute Gasteiger partial charge is 0.338 e. The van der Waals surface area contributed by atoms with Crippen molar-refractivity contribution >= 4 is 17.2 Å². The van der Waals surface area contributed by atoms with Gasteiger partial charge in [-0.2, -0.15) is 5.10 Å². The summed E-state index contributed by atoms with van der Waals surface area (Å²) in [5, 5.41) is 8.42. The first kappa shape index (κ1) is 12.1. The number of hydrogen-bond donors (Lipinski definition) is 1. The fourth-order valence-corrected chi connectivity index (χ4v) is 2.93. The van der Waals surface area contributed by atoms with E-state index < -0.39 is 0 Å². The first-order valence-corrected chi connectivity index (χ1v) is 6.98. The number of H-pyrrole nitrogens is 1. The van der Waals surface area contributed by atoms with Crippen LogP contribution in [0.25, 0.3) is 0 Å². The van der Waals surface area contributed by atoms with Crippen LogP contribution < -0.4 is 5.56 Å². The molecule has 0 fully saturated rings. The van der Waals surface area contributed by atoms with E-state index in [-0.39, 0.29) is 11.5 Å². The van der Waals surface area contributed by atoms with E-state index in [1.807, 2.05) is 17.5 Å². The van der Waals surface area contributed by atoms with E-state index in [4.69, 9.17) is 0 Å². The van der Waals surface area contributed by atoms with Crippen LogP contribution in [-0.4, -0.2) is 27.5 Å². The number of carbonyl (C=O) groups is 1. The van der Waals surface area contributed by atoms with Gasteiger partial charge in [0.15, 0.2) is 0 Å². The van der Waals surface area contributed by atoms with Crippen LogP contribution in [-0.2, 0) is 24.2 Å². The highest BCUT2D eigenvalue weighted by Gasteiger charge is 2.22. The molecule has 1 aliphatic heterocycles. The molecule has 0 spiro atoms. The minimum absolute atomic E-state index is 0.105. The standard InChI is InChI=1S/C13H13N3O2S/c17-12-6-9-8-16(4-3-11(9)14-15-12)13(18)7-10-2-1-5-19-10/h1-2,5-6H,3-4,7-8H2,(H,15,17). The van der Waals surface area contributed by atoms with Crippen LogP contribution >= 0.6 is 11.3 Å². The molecule has 1 aliphatic rings. The molecule has 0 unspecified atom stereocenters. The Bertz CT molecular complexity index is 648. The predicted molar refractivity (Wildman–Crippen MR) is 72.0 cm³/mol. The summed E-state index contributed by atoms with van der Waals surface area (Å²) in [6.45, 7) is 1.15. The third kappa shape index (κ3) is 2.58. The number of carbonyl (C=O) groups excluding carboxylic acids is 1. The molecule has 0 bridgehead atoms. The highest BCUT2D eigenvalue weighted by molar-refractivity contribution is 7.10. The van der Waals surface area contributed by atoms with Crippen molar-refractivity contribution < 1.29 is 4.79 Å². The lowest BCUT2D eigenvalue weighted by Gasteiger charge is -2.27. The van der Waals surface area contributed by atoms with E-state index in [1.165, 1.54) is 6.07 Å². The summed E-state index contributed by atoms with van der Waals surface area (Å²) in [5.41, 5.74) is 1.53. The Balaban J connectivity index is 1.74. The minimum Gasteiger partial charge on any atom is -0.338 e. The van der Waals surface area contributed by atoms with Gasteiger partial charge in [-0.05, 0) is 11.4 Å². The zero-order valence-electron chi connectivity index (χ0n) is 10.3. The maximum absolute atomic E-state index is 12.2. The van der Waals surface area contributed by atoms with Crippen LogP contribution in [0.2, 0.25) is 0 Å². The zero-order valence-corrected chi connectivity index (χ0v) is 11.1. The molecule has 0 aromatic carbocycles. The molecule has 19 heavy (non-hydrogen) atoms. The van der Waals surface area contributed by atoms with Gasteiger partial charge in [0.1, 0.15) is 0 Å². The van der Waals surface area contributed by atoms with Gasteiger partial charge in [0.05, 0.1) is 12.1 Å². The van der Waals surface area contributed by atoms with Crippen LogP contribution in [0.15, 0.2) is 28.4 Å². The summed E-state index contributed by atoms with van der Waals surface area (Å²) < 4.78 is 0. The third-order valence-electron chi connectivity index (χ3n) is 3.22. The number of amides is 1. The topological polar surface area (TPSA) is 66.1 Å². The Morgan fingerprint density at radius 2 is 2.42 bits per heavy atom. The first-order chi connectivity index (χ1) is 9.22. The molecule has 1 amide bonds. The summed E-state index contributed by atoms with van der Waals surface area (Å²) in [6, 6.07) is 5.45. The summed E-state index contributed by atoms with van der Waals surface area (Å²) >= 11 is 1.59. The quantitative estimate of drug-likeness (QED) is 0.887. The van der Waals surface area contributed by atoms with Crippen molar-refractivity contribution in [3.8, 4) is 0 Å². The molecule has 3 heterocycles. The third-order valence-corrected chi connectivity index (χ3v) is 4.09. The summed E-state index contributed by atoms with van der Waals surface area (Å²) in [6.07, 6.45) is 1.13. The number of aromatic amines is 1. The molecule has 0 aliphatic carbocycles. The van der Waals surface area contributed by atoms with E-state index in [0.717, 1.165) is 16.1 Å². The SMILES string of the molecule is O=C(Cc1cccs1)N1CCc2n[nH]c(=O)cc2C1. The second kappa shape index (κ2) is 4.97. The lowest BCUT2D eigenvalue weighted by atomic mass is 10.1. The molecule has 3 rings (SSSR count). The van der Waals surface area contributed by atoms with E-state index in [0.29, 0.717) is 25.9 Å². The Morgan fingerprint density at radius 1 is 1.53 bits per heavy atom. The molecule has 2 aromatic rings. The molecule has 0 saturated heterocycles. The van der Waals surface area contributed by atoms with Crippen molar-refractivity contribution in [1.82, 2.24) is 15.1 Å². The molecule has 6 heteroatoms. The molecular weight excluding hydrogens is 262 g/mol. The Labute approximate surface area is 113 Å². The summed E-state index contributed by atoms with van der Waals surface area (Å²) in [5.74, 6) is 0.105. The van der Waals surface area contributed by atoms with Gasteiger partial charge in [-0.15, -0.1) is 11.3 Å². The summed E-state index contributed by atoms with van der Waals surface area (Å²) in [4.78, 5) is 26.3. The second-order valence-electron chi connectivity index (χ2n) is 4.53. The van der Waals surface area contributed by atoms with Gasteiger partial charge >= 0.3 is 0 Å². The second-order valence-corrected chi connectivity index (χ2v) is 5.56. The number of rotatable bonds is 2. The number of nitrogens with one attached hydrogen (secondary N) is 1. The Kier molecular flexibility index (Phi) is 3.16. The van der Waals surface area contributed by atoms with Gasteiger partial charge in [0, 0.05) is 36.0 Å². The van der Waals surface area contributed by atoms with Crippen LogP contribution in [0.1, 0.15) is 16.1 Å². The number of fused-ring (bicyclic) bond motifs is 1. The molecule has 1 N–H and O–H groups in total. The average molecular weight is 275 g/mol. The van der Waals surface area contributed by atoms with Gasteiger partial charge in [0.25, 0.3) is 5.56 Å². The van der Waals surface area contributed by atoms with Crippen LogP contribution in [0.5, 0.6) is 0 Å².